The van der Waals surface area contributed by atoms with Crippen LogP contribution in [-0.4, -0.2) is 17.4 Å². The van der Waals surface area contributed by atoms with Crippen molar-refractivity contribution in [3.05, 3.63) is 12.2 Å². The average molecular weight is 128 g/mol. The molecule has 0 spiro atoms. The third-order valence-electron chi connectivity index (χ3n) is 0.781. The molecule has 0 N–H and O–H groups in total. The SMILES string of the molecule is O=C1OCC=CC1=S. The summed E-state index contributed by atoms with van der Waals surface area (Å²) >= 11 is 4.57. The maximum Gasteiger partial charge on any atom is 0.349 e. The Balaban J connectivity index is 2.75. The number of carbonyl (C=O) groups excluding carboxylic acids is 1. The van der Waals surface area contributed by atoms with E-state index in [4.69, 9.17) is 0 Å². The third-order valence-corrected chi connectivity index (χ3v) is 1.08. The fourth-order valence-corrected chi connectivity index (χ4v) is 0.573. The maximum atomic E-state index is 10.4. The summed E-state index contributed by atoms with van der Waals surface area (Å²) in [4.78, 5) is 10.6. The van der Waals surface area contributed by atoms with E-state index in [1.54, 1.807) is 12.2 Å². The molecule has 0 aromatic rings. The first kappa shape index (κ1) is 5.44. The minimum Gasteiger partial charge on any atom is -0.457 e. The first-order valence-corrected chi connectivity index (χ1v) is 2.59. The Labute approximate surface area is 52.1 Å². The second kappa shape index (κ2) is 2.05. The Morgan fingerprint density at radius 1 is 1.75 bits per heavy atom. The predicted octanol–water partition coefficient (Wildman–Crippen LogP) is 0.469. The Bertz CT molecular complexity index is 160. The molecule has 3 heteroatoms. The van der Waals surface area contributed by atoms with Gasteiger partial charge in [0.15, 0.2) is 0 Å². The van der Waals surface area contributed by atoms with Crippen molar-refractivity contribution in [1.82, 2.24) is 0 Å². The first-order valence-electron chi connectivity index (χ1n) is 2.18. The highest BCUT2D eigenvalue weighted by atomic mass is 32.1. The van der Waals surface area contributed by atoms with Gasteiger partial charge in [0.05, 0.1) is 0 Å². The number of hydrogen-bond acceptors (Lipinski definition) is 3. The molecule has 0 unspecified atom stereocenters. The van der Waals surface area contributed by atoms with Crippen molar-refractivity contribution in [2.24, 2.45) is 0 Å². The van der Waals surface area contributed by atoms with Gasteiger partial charge < -0.3 is 4.74 Å². The van der Waals surface area contributed by atoms with Crippen LogP contribution in [0.1, 0.15) is 0 Å². The van der Waals surface area contributed by atoms with Gasteiger partial charge in [-0.25, -0.2) is 4.79 Å². The Hall–Kier alpha value is -0.700. The average Bonchev–Trinajstić information content (AvgIpc) is 1.77. The highest BCUT2D eigenvalue weighted by Gasteiger charge is 2.08. The van der Waals surface area contributed by atoms with Gasteiger partial charge in [-0.05, 0) is 12.2 Å². The number of esters is 1. The van der Waals surface area contributed by atoms with Crippen molar-refractivity contribution < 1.29 is 9.53 Å². The summed E-state index contributed by atoms with van der Waals surface area (Å²) in [5, 5.41) is 0. The fourth-order valence-electron chi connectivity index (χ4n) is 0.418. The van der Waals surface area contributed by atoms with Crippen LogP contribution in [0, 0.1) is 0 Å². The van der Waals surface area contributed by atoms with E-state index < -0.39 is 0 Å². The predicted molar refractivity (Wildman–Crippen MR) is 32.7 cm³/mol. The van der Waals surface area contributed by atoms with Gasteiger partial charge in [-0.3, -0.25) is 0 Å². The second-order valence-electron chi connectivity index (χ2n) is 1.37. The van der Waals surface area contributed by atoms with Gasteiger partial charge in [0.2, 0.25) is 0 Å². The van der Waals surface area contributed by atoms with E-state index in [1.807, 2.05) is 0 Å². The normalized spacial score (nSPS) is 18.5. The van der Waals surface area contributed by atoms with E-state index in [2.05, 4.69) is 17.0 Å². The molecule has 8 heavy (non-hydrogen) atoms. The molecule has 0 saturated heterocycles. The van der Waals surface area contributed by atoms with Crippen molar-refractivity contribution in [2.75, 3.05) is 6.61 Å². The summed E-state index contributed by atoms with van der Waals surface area (Å²) in [6.07, 6.45) is 3.30. The van der Waals surface area contributed by atoms with Crippen LogP contribution in [0.5, 0.6) is 0 Å². The van der Waals surface area contributed by atoms with Gasteiger partial charge in [-0.2, -0.15) is 0 Å². The number of cyclic esters (lactones) is 1. The van der Waals surface area contributed by atoms with E-state index in [0.29, 0.717) is 6.61 Å². The van der Waals surface area contributed by atoms with E-state index in [-0.39, 0.29) is 10.8 Å². The van der Waals surface area contributed by atoms with Crippen LogP contribution in [0.3, 0.4) is 0 Å². The molecular formula is C5H4O2S. The van der Waals surface area contributed by atoms with Crippen molar-refractivity contribution in [3.63, 3.8) is 0 Å². The van der Waals surface area contributed by atoms with E-state index in [9.17, 15) is 4.79 Å². The van der Waals surface area contributed by atoms with E-state index in [0.717, 1.165) is 0 Å². The van der Waals surface area contributed by atoms with Crippen LogP contribution in [-0.2, 0) is 9.53 Å². The molecule has 0 saturated carbocycles. The monoisotopic (exact) mass is 128 g/mol. The quantitative estimate of drug-likeness (QED) is 0.350. The Morgan fingerprint density at radius 2 is 2.50 bits per heavy atom. The Kier molecular flexibility index (Phi) is 1.39. The molecule has 1 rings (SSSR count). The highest BCUT2D eigenvalue weighted by molar-refractivity contribution is 7.82. The van der Waals surface area contributed by atoms with Gasteiger partial charge >= 0.3 is 5.97 Å². The summed E-state index contributed by atoms with van der Waals surface area (Å²) in [5.74, 6) is -0.387. The molecule has 0 aromatic heterocycles. The topological polar surface area (TPSA) is 26.3 Å². The van der Waals surface area contributed by atoms with Gasteiger partial charge in [0.1, 0.15) is 11.5 Å². The molecule has 0 radical (unpaired) electrons. The zero-order valence-corrected chi connectivity index (χ0v) is 4.90. The van der Waals surface area contributed by atoms with E-state index >= 15 is 0 Å². The second-order valence-corrected chi connectivity index (χ2v) is 1.80. The lowest BCUT2D eigenvalue weighted by Gasteiger charge is -2.03. The fraction of sp³-hybridized carbons (Fsp3) is 0.200. The van der Waals surface area contributed by atoms with Crippen LogP contribution in [0.25, 0.3) is 0 Å². The number of rotatable bonds is 0. The first-order chi connectivity index (χ1) is 3.80. The molecule has 0 bridgehead atoms. The van der Waals surface area contributed by atoms with Crippen LogP contribution in [0.15, 0.2) is 12.2 Å². The number of carbonyl (C=O) groups is 1. The molecule has 0 aliphatic carbocycles. The molecule has 0 fully saturated rings. The van der Waals surface area contributed by atoms with Crippen molar-refractivity contribution >= 4 is 23.1 Å². The standard InChI is InChI=1S/C5H4O2S/c6-5-4(8)2-1-3-7-5/h1-2H,3H2. The summed E-state index contributed by atoms with van der Waals surface area (Å²) in [5.41, 5.74) is 0. The van der Waals surface area contributed by atoms with Crippen molar-refractivity contribution in [2.45, 2.75) is 0 Å². The lowest BCUT2D eigenvalue weighted by atomic mass is 10.3. The van der Waals surface area contributed by atoms with Crippen LogP contribution >= 0.6 is 12.2 Å². The van der Waals surface area contributed by atoms with Gasteiger partial charge in [0, 0.05) is 0 Å². The van der Waals surface area contributed by atoms with Crippen LogP contribution in [0.4, 0.5) is 0 Å². The molecular weight excluding hydrogens is 124 g/mol. The van der Waals surface area contributed by atoms with Gasteiger partial charge in [-0.1, -0.05) is 12.2 Å². The van der Waals surface area contributed by atoms with Gasteiger partial charge in [0.25, 0.3) is 0 Å². The van der Waals surface area contributed by atoms with Crippen molar-refractivity contribution in [3.8, 4) is 0 Å². The lowest BCUT2D eigenvalue weighted by Crippen LogP contribution is -2.17. The van der Waals surface area contributed by atoms with Crippen molar-refractivity contribution in [1.29, 1.82) is 0 Å². The minimum atomic E-state index is -0.387. The molecule has 1 aliphatic heterocycles. The summed E-state index contributed by atoms with van der Waals surface area (Å²) in [7, 11) is 0. The number of hydrogen-bond donors (Lipinski definition) is 0. The summed E-state index contributed by atoms with van der Waals surface area (Å²) in [6.45, 7) is 0.360. The zero-order valence-electron chi connectivity index (χ0n) is 4.09. The minimum absolute atomic E-state index is 0.260. The molecule has 0 amide bonds. The number of thiocarbonyl (C=S) groups is 1. The molecule has 2 nitrogen and oxygen atoms in total. The largest absolute Gasteiger partial charge is 0.457 e. The molecule has 42 valence electrons. The molecule has 1 heterocycles. The smallest absolute Gasteiger partial charge is 0.349 e. The zero-order chi connectivity index (χ0) is 5.98. The van der Waals surface area contributed by atoms with Crippen LogP contribution < -0.4 is 0 Å². The molecule has 0 atom stereocenters. The number of ether oxygens (including phenoxy) is 1. The third kappa shape index (κ3) is 0.924. The highest BCUT2D eigenvalue weighted by Crippen LogP contribution is 1.93. The summed E-state index contributed by atoms with van der Waals surface area (Å²) < 4.78 is 4.52. The Morgan fingerprint density at radius 3 is 2.88 bits per heavy atom. The van der Waals surface area contributed by atoms with Crippen LogP contribution in [0.2, 0.25) is 0 Å². The molecule has 0 aromatic carbocycles. The van der Waals surface area contributed by atoms with E-state index in [1.165, 1.54) is 0 Å². The van der Waals surface area contributed by atoms with Gasteiger partial charge in [-0.15, -0.1) is 0 Å². The summed E-state index contributed by atoms with van der Waals surface area (Å²) in [6, 6.07) is 0. The molecule has 1 aliphatic rings. The maximum absolute atomic E-state index is 10.4. The lowest BCUT2D eigenvalue weighted by molar-refractivity contribution is -0.134.